The van der Waals surface area contributed by atoms with E-state index in [9.17, 15) is 13.9 Å². The highest BCUT2D eigenvalue weighted by molar-refractivity contribution is 7.96. The van der Waals surface area contributed by atoms with Crippen LogP contribution in [0.4, 0.5) is 8.78 Å². The van der Waals surface area contributed by atoms with E-state index in [4.69, 9.17) is 0 Å². The Kier molecular flexibility index (Phi) is 4.91. The number of aliphatic hydroxyl groups excluding tert-OH is 1. The fourth-order valence-electron chi connectivity index (χ4n) is 4.16. The van der Waals surface area contributed by atoms with Crippen molar-refractivity contribution in [3.05, 3.63) is 48.0 Å². The van der Waals surface area contributed by atoms with Crippen molar-refractivity contribution in [2.75, 3.05) is 12.8 Å². The van der Waals surface area contributed by atoms with Gasteiger partial charge in [0.1, 0.15) is 11.6 Å². The Bertz CT molecular complexity index is 924. The maximum atomic E-state index is 13.8. The second kappa shape index (κ2) is 7.08. The van der Waals surface area contributed by atoms with Crippen LogP contribution in [0, 0.1) is 11.6 Å². The maximum Gasteiger partial charge on any atom is 0.123 e. The van der Waals surface area contributed by atoms with Gasteiger partial charge in [-0.25, -0.2) is 13.1 Å². The molecule has 1 atom stereocenters. The van der Waals surface area contributed by atoms with Gasteiger partial charge in [0, 0.05) is 33.9 Å². The van der Waals surface area contributed by atoms with Gasteiger partial charge in [0.25, 0.3) is 0 Å². The molecule has 4 rings (SSSR count). The first kappa shape index (κ1) is 18.7. The number of benzene rings is 2. The molecule has 1 saturated carbocycles. The minimum atomic E-state index is -0.580. The summed E-state index contributed by atoms with van der Waals surface area (Å²) < 4.78 is 31.8. The van der Waals surface area contributed by atoms with Gasteiger partial charge >= 0.3 is 0 Å². The molecule has 1 aliphatic rings. The summed E-state index contributed by atoms with van der Waals surface area (Å²) in [7, 11) is 0. The van der Waals surface area contributed by atoms with Gasteiger partial charge in [-0.2, -0.15) is 0 Å². The highest BCUT2D eigenvalue weighted by atomic mass is 32.2. The van der Waals surface area contributed by atoms with Gasteiger partial charge in [0.2, 0.25) is 0 Å². The van der Waals surface area contributed by atoms with Gasteiger partial charge < -0.3 is 9.67 Å². The third-order valence-corrected chi connectivity index (χ3v) is 6.84. The lowest BCUT2D eigenvalue weighted by atomic mass is 9.78. The highest BCUT2D eigenvalue weighted by Gasteiger charge is 2.38. The molecule has 2 aromatic carbocycles. The van der Waals surface area contributed by atoms with Gasteiger partial charge in [-0.05, 0) is 68.8 Å². The number of nitrogens with zero attached hydrogens (tertiary/aromatic N) is 2. The third kappa shape index (κ3) is 3.35. The van der Waals surface area contributed by atoms with Crippen molar-refractivity contribution in [1.82, 2.24) is 8.87 Å². The second-order valence-corrected chi connectivity index (χ2v) is 8.49. The Morgan fingerprint density at radius 2 is 1.67 bits per heavy atom. The molecule has 1 heterocycles. The topological polar surface area (TPSA) is 28.4 Å². The van der Waals surface area contributed by atoms with Gasteiger partial charge in [-0.1, -0.05) is 11.9 Å². The fourth-order valence-corrected chi connectivity index (χ4v) is 5.10. The quantitative estimate of drug-likeness (QED) is 0.603. The van der Waals surface area contributed by atoms with E-state index < -0.39 is 6.10 Å². The molecule has 6 heteroatoms. The number of aliphatic hydroxyl groups is 1. The minimum absolute atomic E-state index is 0.146. The lowest BCUT2D eigenvalue weighted by Crippen LogP contribution is -2.50. The normalized spacial score (nSPS) is 17.6. The second-order valence-electron chi connectivity index (χ2n) is 7.68. The molecule has 0 amide bonds. The van der Waals surface area contributed by atoms with Crippen molar-refractivity contribution < 1.29 is 13.9 Å². The van der Waals surface area contributed by atoms with Crippen LogP contribution in [0.1, 0.15) is 26.2 Å². The average molecular weight is 390 g/mol. The Hall–Kier alpha value is -1.63. The molecule has 1 aliphatic carbocycles. The molecular weight excluding hydrogens is 366 g/mol. The van der Waals surface area contributed by atoms with Gasteiger partial charge in [-0.15, -0.1) is 0 Å². The van der Waals surface area contributed by atoms with Gasteiger partial charge in [0.05, 0.1) is 12.6 Å². The van der Waals surface area contributed by atoms with Crippen LogP contribution < -0.4 is 0 Å². The molecule has 0 bridgehead atoms. The van der Waals surface area contributed by atoms with Crippen LogP contribution in [0.5, 0.6) is 0 Å². The Labute approximate surface area is 162 Å². The van der Waals surface area contributed by atoms with Crippen LogP contribution >= 0.6 is 11.9 Å². The number of hydrogen-bond acceptors (Lipinski definition) is 3. The summed E-state index contributed by atoms with van der Waals surface area (Å²) in [6.07, 6.45) is 4.99. The first-order valence-corrected chi connectivity index (χ1v) is 10.5. The van der Waals surface area contributed by atoms with Crippen molar-refractivity contribution >= 4 is 33.8 Å². The number of halogens is 2. The van der Waals surface area contributed by atoms with Crippen molar-refractivity contribution in [3.63, 3.8) is 0 Å². The maximum absolute atomic E-state index is 13.8. The molecule has 1 N–H and O–H groups in total. The van der Waals surface area contributed by atoms with E-state index >= 15 is 0 Å². The van der Waals surface area contributed by atoms with E-state index in [1.165, 1.54) is 30.7 Å². The zero-order valence-corrected chi connectivity index (χ0v) is 16.4. The molecule has 0 saturated heterocycles. The summed E-state index contributed by atoms with van der Waals surface area (Å²) in [6.45, 7) is 3.18. The van der Waals surface area contributed by atoms with Gasteiger partial charge in [0.15, 0.2) is 0 Å². The first-order valence-electron chi connectivity index (χ1n) is 9.28. The summed E-state index contributed by atoms with van der Waals surface area (Å²) in [5.74, 6) is -0.698. The lowest BCUT2D eigenvalue weighted by molar-refractivity contribution is 0.0603. The Morgan fingerprint density at radius 1 is 1.11 bits per heavy atom. The highest BCUT2D eigenvalue weighted by Crippen LogP contribution is 2.40. The SMILES string of the molecule is CSN(CC(O)Cn1c2ccc(F)cc2c2cc(F)ccc21)C1(C)CCC1. The number of β-amino-alcohol motifs (C(OH)–C–C–N with tert-alkyl or cyclic N) is 1. The van der Waals surface area contributed by atoms with Crippen molar-refractivity contribution in [2.24, 2.45) is 0 Å². The van der Waals surface area contributed by atoms with E-state index in [2.05, 4.69) is 11.2 Å². The molecule has 0 radical (unpaired) electrons. The van der Waals surface area contributed by atoms with Crippen LogP contribution in [0.25, 0.3) is 21.8 Å². The first-order chi connectivity index (χ1) is 12.9. The van der Waals surface area contributed by atoms with E-state index in [1.807, 2.05) is 10.8 Å². The van der Waals surface area contributed by atoms with Crippen LogP contribution in [0.15, 0.2) is 36.4 Å². The summed E-state index contributed by atoms with van der Waals surface area (Å²) in [6, 6.07) is 9.09. The molecule has 144 valence electrons. The van der Waals surface area contributed by atoms with E-state index in [-0.39, 0.29) is 17.2 Å². The molecule has 1 unspecified atom stereocenters. The molecular formula is C21H24F2N2OS. The van der Waals surface area contributed by atoms with Crippen molar-refractivity contribution in [2.45, 2.75) is 44.4 Å². The fraction of sp³-hybridized carbons (Fsp3) is 0.429. The number of rotatable bonds is 6. The van der Waals surface area contributed by atoms with Crippen LogP contribution in [-0.4, -0.2) is 38.4 Å². The molecule has 1 fully saturated rings. The zero-order valence-electron chi connectivity index (χ0n) is 15.6. The lowest BCUT2D eigenvalue weighted by Gasteiger charge is -2.47. The summed E-state index contributed by atoms with van der Waals surface area (Å²) in [5, 5.41) is 12.2. The van der Waals surface area contributed by atoms with Crippen molar-refractivity contribution in [3.8, 4) is 0 Å². The summed E-state index contributed by atoms with van der Waals surface area (Å²) in [4.78, 5) is 0. The van der Waals surface area contributed by atoms with E-state index in [1.54, 1.807) is 24.1 Å². The predicted octanol–water partition coefficient (Wildman–Crippen LogP) is 4.96. The molecule has 0 spiro atoms. The minimum Gasteiger partial charge on any atom is -0.390 e. The molecule has 1 aromatic heterocycles. The number of fused-ring (bicyclic) bond motifs is 3. The molecule has 3 aromatic rings. The summed E-state index contributed by atoms with van der Waals surface area (Å²) >= 11 is 1.67. The molecule has 3 nitrogen and oxygen atoms in total. The van der Waals surface area contributed by atoms with Crippen LogP contribution in [0.2, 0.25) is 0 Å². The van der Waals surface area contributed by atoms with Crippen molar-refractivity contribution in [1.29, 1.82) is 0 Å². The van der Waals surface area contributed by atoms with Crippen LogP contribution in [-0.2, 0) is 6.54 Å². The zero-order chi connectivity index (χ0) is 19.2. The van der Waals surface area contributed by atoms with E-state index in [0.717, 1.165) is 23.9 Å². The Balaban J connectivity index is 1.68. The van der Waals surface area contributed by atoms with E-state index in [0.29, 0.717) is 23.9 Å². The smallest absolute Gasteiger partial charge is 0.123 e. The monoisotopic (exact) mass is 390 g/mol. The third-order valence-electron chi connectivity index (χ3n) is 5.81. The number of aromatic nitrogens is 1. The molecule has 27 heavy (non-hydrogen) atoms. The molecule has 0 aliphatic heterocycles. The van der Waals surface area contributed by atoms with Crippen LogP contribution in [0.3, 0.4) is 0 Å². The number of hydrogen-bond donors (Lipinski definition) is 1. The van der Waals surface area contributed by atoms with Gasteiger partial charge in [-0.3, -0.25) is 0 Å². The average Bonchev–Trinajstić information content (AvgIpc) is 2.90. The summed E-state index contributed by atoms with van der Waals surface area (Å²) in [5.41, 5.74) is 1.76. The standard InChI is InChI=1S/C21H24F2N2OS/c1-21(8-3-9-21)25(27-2)13-16(26)12-24-19-6-4-14(22)10-17(19)18-11-15(23)5-7-20(18)24/h4-7,10-11,16,26H,3,8-9,12-13H2,1-2H3. The Morgan fingerprint density at radius 3 is 2.11 bits per heavy atom. The largest absolute Gasteiger partial charge is 0.390 e. The predicted molar refractivity (Wildman–Crippen MR) is 108 cm³/mol.